The normalized spacial score (nSPS) is 12.9. The van der Waals surface area contributed by atoms with E-state index >= 15 is 0 Å². The van der Waals surface area contributed by atoms with Gasteiger partial charge in [-0.3, -0.25) is 0 Å². The van der Waals surface area contributed by atoms with Crippen LogP contribution >= 0.6 is 23.2 Å². The number of nitrogens with one attached hydrogen (secondary N) is 1. The highest BCUT2D eigenvalue weighted by Crippen LogP contribution is 2.16. The smallest absolute Gasteiger partial charge is 0.124 e. The van der Waals surface area contributed by atoms with Crippen molar-refractivity contribution < 1.29 is 4.39 Å². The van der Waals surface area contributed by atoms with Gasteiger partial charge in [0.2, 0.25) is 0 Å². The summed E-state index contributed by atoms with van der Waals surface area (Å²) in [6, 6.07) is 4.37. The molecule has 0 aromatic heterocycles. The zero-order chi connectivity index (χ0) is 10.6. The summed E-state index contributed by atoms with van der Waals surface area (Å²) in [5.41, 5.74) is 0.880. The van der Waals surface area contributed by atoms with Crippen LogP contribution in [-0.2, 0) is 6.54 Å². The fraction of sp³-hybridized carbons (Fsp3) is 0.400. The Hall–Kier alpha value is -0.310. The summed E-state index contributed by atoms with van der Waals surface area (Å²) in [6.07, 6.45) is 0. The average Bonchev–Trinajstić information content (AvgIpc) is 2.08. The Bertz CT molecular complexity index is 302. The molecule has 0 bridgehead atoms. The Kier molecular flexibility index (Phi) is 4.66. The van der Waals surface area contributed by atoms with Gasteiger partial charge < -0.3 is 5.32 Å². The molecule has 1 atom stereocenters. The first-order chi connectivity index (χ1) is 6.59. The molecule has 0 saturated heterocycles. The molecule has 1 rings (SSSR count). The molecule has 78 valence electrons. The van der Waals surface area contributed by atoms with Crippen LogP contribution in [-0.4, -0.2) is 11.9 Å². The van der Waals surface area contributed by atoms with Crippen molar-refractivity contribution in [3.05, 3.63) is 34.6 Å². The summed E-state index contributed by atoms with van der Waals surface area (Å²) < 4.78 is 12.7. The standard InChI is InChI=1S/C10H12Cl2FN/c1-7(11)5-14-6-8-2-3-9(13)4-10(8)12/h2-4,7,14H,5-6H2,1H3. The molecule has 0 radical (unpaired) electrons. The molecule has 4 heteroatoms. The second kappa shape index (κ2) is 5.54. The number of benzene rings is 1. The molecule has 1 N–H and O–H groups in total. The van der Waals surface area contributed by atoms with Crippen LogP contribution in [0.3, 0.4) is 0 Å². The van der Waals surface area contributed by atoms with Crippen LogP contribution in [0.25, 0.3) is 0 Å². The van der Waals surface area contributed by atoms with Crippen LogP contribution < -0.4 is 5.32 Å². The van der Waals surface area contributed by atoms with Gasteiger partial charge in [-0.15, -0.1) is 11.6 Å². The van der Waals surface area contributed by atoms with Crippen molar-refractivity contribution in [1.82, 2.24) is 5.32 Å². The van der Waals surface area contributed by atoms with Gasteiger partial charge in [-0.1, -0.05) is 17.7 Å². The van der Waals surface area contributed by atoms with Crippen molar-refractivity contribution >= 4 is 23.2 Å². The molecule has 0 heterocycles. The van der Waals surface area contributed by atoms with Crippen LogP contribution in [0.2, 0.25) is 5.02 Å². The van der Waals surface area contributed by atoms with Gasteiger partial charge in [0.25, 0.3) is 0 Å². The molecule has 0 spiro atoms. The van der Waals surface area contributed by atoms with Crippen LogP contribution in [0.1, 0.15) is 12.5 Å². The van der Waals surface area contributed by atoms with E-state index in [1.807, 2.05) is 6.92 Å². The van der Waals surface area contributed by atoms with Gasteiger partial charge >= 0.3 is 0 Å². The maximum Gasteiger partial charge on any atom is 0.124 e. The fourth-order valence-electron chi connectivity index (χ4n) is 1.07. The van der Waals surface area contributed by atoms with E-state index in [1.54, 1.807) is 6.07 Å². The largest absolute Gasteiger partial charge is 0.311 e. The third kappa shape index (κ3) is 3.82. The first-order valence-corrected chi connectivity index (χ1v) is 5.19. The van der Waals surface area contributed by atoms with Gasteiger partial charge in [-0.2, -0.15) is 0 Å². The number of hydrogen-bond donors (Lipinski definition) is 1. The minimum Gasteiger partial charge on any atom is -0.311 e. The predicted molar refractivity (Wildman–Crippen MR) is 58.4 cm³/mol. The molecular weight excluding hydrogens is 224 g/mol. The highest BCUT2D eigenvalue weighted by Gasteiger charge is 2.02. The monoisotopic (exact) mass is 235 g/mol. The summed E-state index contributed by atoms with van der Waals surface area (Å²) in [7, 11) is 0. The van der Waals surface area contributed by atoms with E-state index in [1.165, 1.54) is 12.1 Å². The molecule has 14 heavy (non-hydrogen) atoms. The lowest BCUT2D eigenvalue weighted by Crippen LogP contribution is -2.20. The highest BCUT2D eigenvalue weighted by molar-refractivity contribution is 6.31. The zero-order valence-corrected chi connectivity index (χ0v) is 9.37. The Morgan fingerprint density at radius 3 is 2.79 bits per heavy atom. The van der Waals surface area contributed by atoms with E-state index in [-0.39, 0.29) is 11.2 Å². The third-order valence-corrected chi connectivity index (χ3v) is 2.26. The molecule has 0 fully saturated rings. The predicted octanol–water partition coefficient (Wildman–Crippen LogP) is 3.20. The van der Waals surface area contributed by atoms with E-state index < -0.39 is 0 Å². The van der Waals surface area contributed by atoms with E-state index in [4.69, 9.17) is 23.2 Å². The lowest BCUT2D eigenvalue weighted by molar-refractivity contribution is 0.624. The molecule has 0 aliphatic rings. The summed E-state index contributed by atoms with van der Waals surface area (Å²) >= 11 is 11.6. The fourth-order valence-corrected chi connectivity index (χ4v) is 1.41. The highest BCUT2D eigenvalue weighted by atomic mass is 35.5. The van der Waals surface area contributed by atoms with Gasteiger partial charge in [0.1, 0.15) is 5.82 Å². The van der Waals surface area contributed by atoms with E-state index in [0.29, 0.717) is 18.1 Å². The number of rotatable bonds is 4. The second-order valence-electron chi connectivity index (χ2n) is 3.15. The summed E-state index contributed by atoms with van der Waals surface area (Å²) in [6.45, 7) is 3.21. The second-order valence-corrected chi connectivity index (χ2v) is 4.30. The number of halogens is 3. The minimum absolute atomic E-state index is 0.0780. The van der Waals surface area contributed by atoms with E-state index in [2.05, 4.69) is 5.32 Å². The number of hydrogen-bond acceptors (Lipinski definition) is 1. The molecule has 0 aliphatic heterocycles. The van der Waals surface area contributed by atoms with Gasteiger partial charge in [0.05, 0.1) is 0 Å². The van der Waals surface area contributed by atoms with E-state index in [0.717, 1.165) is 5.56 Å². The first-order valence-electron chi connectivity index (χ1n) is 4.38. The van der Waals surface area contributed by atoms with Crippen molar-refractivity contribution in [3.63, 3.8) is 0 Å². The molecule has 1 aromatic rings. The summed E-state index contributed by atoms with van der Waals surface area (Å²) in [5.74, 6) is -0.315. The molecule has 0 amide bonds. The minimum atomic E-state index is -0.315. The summed E-state index contributed by atoms with van der Waals surface area (Å²) in [5, 5.41) is 3.64. The number of alkyl halides is 1. The van der Waals surface area contributed by atoms with Gasteiger partial charge in [-0.05, 0) is 24.6 Å². The molecule has 0 saturated carbocycles. The maximum absolute atomic E-state index is 12.7. The van der Waals surface area contributed by atoms with Crippen LogP contribution in [0.4, 0.5) is 4.39 Å². The molecule has 1 aromatic carbocycles. The van der Waals surface area contributed by atoms with Crippen molar-refractivity contribution in [2.45, 2.75) is 18.8 Å². The Labute approximate surface area is 93.2 Å². The topological polar surface area (TPSA) is 12.0 Å². The zero-order valence-electron chi connectivity index (χ0n) is 7.86. The van der Waals surface area contributed by atoms with Crippen molar-refractivity contribution in [2.75, 3.05) is 6.54 Å². The van der Waals surface area contributed by atoms with Crippen LogP contribution in [0.5, 0.6) is 0 Å². The average molecular weight is 236 g/mol. The Morgan fingerprint density at radius 1 is 1.50 bits per heavy atom. The van der Waals surface area contributed by atoms with Gasteiger partial charge in [-0.25, -0.2) is 4.39 Å². The molecule has 1 unspecified atom stereocenters. The van der Waals surface area contributed by atoms with Crippen LogP contribution in [0.15, 0.2) is 18.2 Å². The van der Waals surface area contributed by atoms with Crippen molar-refractivity contribution in [3.8, 4) is 0 Å². The van der Waals surface area contributed by atoms with Gasteiger partial charge in [0, 0.05) is 23.5 Å². The lowest BCUT2D eigenvalue weighted by Gasteiger charge is -2.07. The van der Waals surface area contributed by atoms with E-state index in [9.17, 15) is 4.39 Å². The first kappa shape index (κ1) is 11.8. The molecular formula is C10H12Cl2FN. The van der Waals surface area contributed by atoms with Crippen LogP contribution in [0, 0.1) is 5.82 Å². The quantitative estimate of drug-likeness (QED) is 0.791. The maximum atomic E-state index is 12.7. The molecule has 1 nitrogen and oxygen atoms in total. The SMILES string of the molecule is CC(Cl)CNCc1ccc(F)cc1Cl. The Balaban J connectivity index is 2.51. The van der Waals surface area contributed by atoms with Gasteiger partial charge in [0.15, 0.2) is 0 Å². The lowest BCUT2D eigenvalue weighted by atomic mass is 10.2. The van der Waals surface area contributed by atoms with Crippen molar-refractivity contribution in [1.29, 1.82) is 0 Å². The Morgan fingerprint density at radius 2 is 2.21 bits per heavy atom. The third-order valence-electron chi connectivity index (χ3n) is 1.76. The van der Waals surface area contributed by atoms with Crippen molar-refractivity contribution in [2.24, 2.45) is 0 Å². The summed E-state index contributed by atoms with van der Waals surface area (Å²) in [4.78, 5) is 0. The molecule has 0 aliphatic carbocycles.